The van der Waals surface area contributed by atoms with Crippen molar-refractivity contribution in [3.8, 4) is 0 Å². The van der Waals surface area contributed by atoms with Gasteiger partial charge in [-0.25, -0.2) is 0 Å². The van der Waals surface area contributed by atoms with Gasteiger partial charge in [-0.15, -0.1) is 0 Å². The van der Waals surface area contributed by atoms with E-state index in [1.807, 2.05) is 0 Å². The Bertz CT molecular complexity index is 608. The summed E-state index contributed by atoms with van der Waals surface area (Å²) in [5, 5.41) is 0. The van der Waals surface area contributed by atoms with Gasteiger partial charge in [-0.05, 0) is 58.7 Å². The van der Waals surface area contributed by atoms with Gasteiger partial charge < -0.3 is 0 Å². The molecule has 1 aliphatic heterocycles. The highest BCUT2D eigenvalue weighted by Gasteiger charge is 2.13. The summed E-state index contributed by atoms with van der Waals surface area (Å²) in [5.41, 5.74) is 4.34. The summed E-state index contributed by atoms with van der Waals surface area (Å²) >= 11 is 2.38. The van der Waals surface area contributed by atoms with Gasteiger partial charge in [-0.3, -0.25) is 4.90 Å². The van der Waals surface area contributed by atoms with Crippen LogP contribution in [0.25, 0.3) is 6.08 Å². The normalized spacial score (nSPS) is 16.0. The van der Waals surface area contributed by atoms with Gasteiger partial charge in [0.2, 0.25) is 0 Å². The molecule has 0 radical (unpaired) electrons. The molecular formula is C19H20IN. The SMILES string of the molecule is Ic1cccc(C=C2CCN(Cc3ccccc3)CC2)c1. The molecule has 2 aromatic carbocycles. The summed E-state index contributed by atoms with van der Waals surface area (Å²) in [7, 11) is 0. The third kappa shape index (κ3) is 4.42. The molecule has 3 rings (SSSR count). The summed E-state index contributed by atoms with van der Waals surface area (Å²) in [6.45, 7) is 3.42. The number of rotatable bonds is 3. The number of likely N-dealkylation sites (tertiary alicyclic amines) is 1. The van der Waals surface area contributed by atoms with Crippen molar-refractivity contribution in [1.82, 2.24) is 4.90 Å². The molecule has 21 heavy (non-hydrogen) atoms. The van der Waals surface area contributed by atoms with Crippen molar-refractivity contribution in [3.05, 3.63) is 74.9 Å². The third-order valence-electron chi connectivity index (χ3n) is 3.97. The molecule has 0 bridgehead atoms. The van der Waals surface area contributed by atoms with E-state index in [4.69, 9.17) is 0 Å². The first kappa shape index (κ1) is 14.8. The molecule has 0 atom stereocenters. The lowest BCUT2D eigenvalue weighted by atomic mass is 10.0. The van der Waals surface area contributed by atoms with E-state index in [-0.39, 0.29) is 0 Å². The maximum Gasteiger partial charge on any atom is 0.0233 e. The number of nitrogens with zero attached hydrogens (tertiary/aromatic N) is 1. The van der Waals surface area contributed by atoms with Gasteiger partial charge in [0.1, 0.15) is 0 Å². The van der Waals surface area contributed by atoms with Crippen LogP contribution >= 0.6 is 22.6 Å². The van der Waals surface area contributed by atoms with Crippen LogP contribution in [0, 0.1) is 3.57 Å². The minimum Gasteiger partial charge on any atom is -0.298 e. The van der Waals surface area contributed by atoms with Crippen molar-refractivity contribution in [1.29, 1.82) is 0 Å². The Morgan fingerprint density at radius 1 is 0.952 bits per heavy atom. The van der Waals surface area contributed by atoms with Crippen molar-refractivity contribution < 1.29 is 0 Å². The van der Waals surface area contributed by atoms with E-state index >= 15 is 0 Å². The van der Waals surface area contributed by atoms with Gasteiger partial charge in [0.25, 0.3) is 0 Å². The molecule has 2 aromatic rings. The molecular weight excluding hydrogens is 369 g/mol. The Morgan fingerprint density at radius 3 is 2.43 bits per heavy atom. The second-order valence-electron chi connectivity index (χ2n) is 5.62. The summed E-state index contributed by atoms with van der Waals surface area (Å²) < 4.78 is 1.31. The zero-order valence-corrected chi connectivity index (χ0v) is 14.3. The third-order valence-corrected chi connectivity index (χ3v) is 4.64. The lowest BCUT2D eigenvalue weighted by Crippen LogP contribution is -2.30. The van der Waals surface area contributed by atoms with Crippen LogP contribution in [0.4, 0.5) is 0 Å². The molecule has 1 aliphatic rings. The van der Waals surface area contributed by atoms with Crippen molar-refractivity contribution in [2.45, 2.75) is 19.4 Å². The van der Waals surface area contributed by atoms with Gasteiger partial charge >= 0.3 is 0 Å². The Labute approximate surface area is 140 Å². The highest BCUT2D eigenvalue weighted by molar-refractivity contribution is 14.1. The van der Waals surface area contributed by atoms with Crippen molar-refractivity contribution in [3.63, 3.8) is 0 Å². The van der Waals surface area contributed by atoms with Crippen LogP contribution in [0.5, 0.6) is 0 Å². The van der Waals surface area contributed by atoms with Gasteiger partial charge in [0.05, 0.1) is 0 Å². The lowest BCUT2D eigenvalue weighted by Gasteiger charge is -2.28. The summed E-state index contributed by atoms with van der Waals surface area (Å²) in [6.07, 6.45) is 4.76. The van der Waals surface area contributed by atoms with E-state index in [0.717, 1.165) is 6.54 Å². The second-order valence-corrected chi connectivity index (χ2v) is 6.86. The minimum atomic E-state index is 1.08. The number of benzene rings is 2. The van der Waals surface area contributed by atoms with Crippen LogP contribution < -0.4 is 0 Å². The largest absolute Gasteiger partial charge is 0.298 e. The molecule has 1 nitrogen and oxygen atoms in total. The van der Waals surface area contributed by atoms with Crippen LogP contribution in [-0.2, 0) is 6.54 Å². The highest BCUT2D eigenvalue weighted by Crippen LogP contribution is 2.21. The van der Waals surface area contributed by atoms with Crippen molar-refractivity contribution >= 4 is 28.7 Å². The highest BCUT2D eigenvalue weighted by atomic mass is 127. The second kappa shape index (κ2) is 7.23. The first-order valence-corrected chi connectivity index (χ1v) is 8.59. The van der Waals surface area contributed by atoms with Crippen LogP contribution in [0.2, 0.25) is 0 Å². The number of hydrogen-bond acceptors (Lipinski definition) is 1. The zero-order valence-electron chi connectivity index (χ0n) is 12.1. The van der Waals surface area contributed by atoms with Crippen LogP contribution in [-0.4, -0.2) is 18.0 Å². The molecule has 0 saturated carbocycles. The van der Waals surface area contributed by atoms with Gasteiger partial charge in [-0.2, -0.15) is 0 Å². The Balaban J connectivity index is 1.58. The molecule has 0 unspecified atom stereocenters. The average Bonchev–Trinajstić information content (AvgIpc) is 2.50. The van der Waals surface area contributed by atoms with Gasteiger partial charge in [-0.1, -0.05) is 54.1 Å². The number of piperidine rings is 1. The smallest absolute Gasteiger partial charge is 0.0233 e. The predicted molar refractivity (Wildman–Crippen MR) is 98.1 cm³/mol. The quantitative estimate of drug-likeness (QED) is 0.670. The van der Waals surface area contributed by atoms with E-state index in [2.05, 4.69) is 88.2 Å². The maximum atomic E-state index is 2.56. The minimum absolute atomic E-state index is 1.08. The molecule has 108 valence electrons. The van der Waals surface area contributed by atoms with E-state index in [0.29, 0.717) is 0 Å². The van der Waals surface area contributed by atoms with Crippen molar-refractivity contribution in [2.24, 2.45) is 0 Å². The van der Waals surface area contributed by atoms with E-state index in [9.17, 15) is 0 Å². The molecule has 2 heteroatoms. The average molecular weight is 389 g/mol. The Morgan fingerprint density at radius 2 is 1.71 bits per heavy atom. The number of hydrogen-bond donors (Lipinski definition) is 0. The number of halogens is 1. The molecule has 1 saturated heterocycles. The molecule has 0 spiro atoms. The zero-order chi connectivity index (χ0) is 14.5. The summed E-state index contributed by atoms with van der Waals surface area (Å²) in [6, 6.07) is 19.5. The maximum absolute atomic E-state index is 2.56. The lowest BCUT2D eigenvalue weighted by molar-refractivity contribution is 0.249. The molecule has 1 fully saturated rings. The fourth-order valence-electron chi connectivity index (χ4n) is 2.82. The van der Waals surface area contributed by atoms with Crippen LogP contribution in [0.3, 0.4) is 0 Å². The summed E-state index contributed by atoms with van der Waals surface area (Å²) in [5.74, 6) is 0. The van der Waals surface area contributed by atoms with E-state index in [1.165, 1.54) is 40.6 Å². The monoisotopic (exact) mass is 389 g/mol. The standard InChI is InChI=1S/C19H20IN/c20-19-8-4-7-18(14-19)13-16-9-11-21(12-10-16)15-17-5-2-1-3-6-17/h1-8,13-14H,9-12,15H2. The Hall–Kier alpha value is -1.13. The molecule has 0 amide bonds. The van der Waals surface area contributed by atoms with E-state index in [1.54, 1.807) is 5.57 Å². The summed E-state index contributed by atoms with van der Waals surface area (Å²) in [4.78, 5) is 2.56. The fourth-order valence-corrected chi connectivity index (χ4v) is 3.38. The fraction of sp³-hybridized carbons (Fsp3) is 0.263. The van der Waals surface area contributed by atoms with E-state index < -0.39 is 0 Å². The van der Waals surface area contributed by atoms with Crippen LogP contribution in [0.15, 0.2) is 60.2 Å². The molecule has 1 heterocycles. The molecule has 0 aromatic heterocycles. The topological polar surface area (TPSA) is 3.24 Å². The first-order chi connectivity index (χ1) is 10.3. The molecule has 0 aliphatic carbocycles. The van der Waals surface area contributed by atoms with Gasteiger partial charge in [0, 0.05) is 23.2 Å². The van der Waals surface area contributed by atoms with Crippen LogP contribution in [0.1, 0.15) is 24.0 Å². The first-order valence-electron chi connectivity index (χ1n) is 7.51. The molecule has 0 N–H and O–H groups in total. The Kier molecular flexibility index (Phi) is 5.09. The van der Waals surface area contributed by atoms with Gasteiger partial charge in [0.15, 0.2) is 0 Å². The van der Waals surface area contributed by atoms with Crippen molar-refractivity contribution in [2.75, 3.05) is 13.1 Å². The predicted octanol–water partition coefficient (Wildman–Crippen LogP) is 4.97.